The first-order valence-corrected chi connectivity index (χ1v) is 8.84. The minimum absolute atomic E-state index is 0.0746. The van der Waals surface area contributed by atoms with Gasteiger partial charge in [0.05, 0.1) is 6.10 Å². The summed E-state index contributed by atoms with van der Waals surface area (Å²) in [5.74, 6) is 1.25. The van der Waals surface area contributed by atoms with Gasteiger partial charge in [-0.2, -0.15) is 0 Å². The smallest absolute Gasteiger partial charge is 0.0590 e. The molecule has 4 atom stereocenters. The molecule has 20 heavy (non-hydrogen) atoms. The Morgan fingerprint density at radius 2 is 1.95 bits per heavy atom. The Morgan fingerprint density at radius 3 is 2.70 bits per heavy atom. The number of nitrogens with zero attached hydrogens (tertiary/aromatic N) is 1. The Kier molecular flexibility index (Phi) is 6.79. The van der Waals surface area contributed by atoms with E-state index < -0.39 is 0 Å². The number of likely N-dealkylation sites (tertiary alicyclic amines) is 1. The van der Waals surface area contributed by atoms with Crippen LogP contribution in [-0.4, -0.2) is 48.3 Å². The summed E-state index contributed by atoms with van der Waals surface area (Å²) >= 11 is 0. The Labute approximate surface area is 125 Å². The average molecular weight is 282 g/mol. The van der Waals surface area contributed by atoms with Gasteiger partial charge in [0.2, 0.25) is 0 Å². The van der Waals surface area contributed by atoms with Crippen molar-refractivity contribution in [3.8, 4) is 0 Å². The Bertz CT molecular complexity index is 272. The van der Waals surface area contributed by atoms with E-state index in [2.05, 4.69) is 24.1 Å². The lowest BCUT2D eigenvalue weighted by Crippen LogP contribution is -2.47. The highest BCUT2D eigenvalue weighted by Gasteiger charge is 2.29. The number of aliphatic hydroxyl groups excluding tert-OH is 1. The fourth-order valence-electron chi connectivity index (χ4n) is 3.92. The third-order valence-corrected chi connectivity index (χ3v) is 5.25. The van der Waals surface area contributed by atoms with E-state index in [1.165, 1.54) is 45.1 Å². The van der Waals surface area contributed by atoms with Crippen LogP contribution < -0.4 is 5.32 Å². The molecule has 0 bridgehead atoms. The van der Waals surface area contributed by atoms with Crippen LogP contribution in [0.25, 0.3) is 0 Å². The van der Waals surface area contributed by atoms with Gasteiger partial charge in [-0.15, -0.1) is 0 Å². The van der Waals surface area contributed by atoms with E-state index in [0.717, 1.165) is 38.0 Å². The molecule has 0 aromatic carbocycles. The molecule has 1 heterocycles. The van der Waals surface area contributed by atoms with Gasteiger partial charge in [0, 0.05) is 25.7 Å². The van der Waals surface area contributed by atoms with Crippen molar-refractivity contribution in [2.45, 2.75) is 70.9 Å². The van der Waals surface area contributed by atoms with Gasteiger partial charge < -0.3 is 15.3 Å². The van der Waals surface area contributed by atoms with Crippen molar-refractivity contribution in [1.82, 2.24) is 10.2 Å². The quantitative estimate of drug-likeness (QED) is 0.761. The normalized spacial score (nSPS) is 36.8. The van der Waals surface area contributed by atoms with E-state index in [0.29, 0.717) is 5.92 Å². The van der Waals surface area contributed by atoms with Crippen LogP contribution in [0.3, 0.4) is 0 Å². The number of nitrogens with one attached hydrogen (secondary N) is 1. The Balaban J connectivity index is 1.86. The molecule has 2 N–H and O–H groups in total. The van der Waals surface area contributed by atoms with E-state index in [4.69, 9.17) is 0 Å². The summed E-state index contributed by atoms with van der Waals surface area (Å²) in [6.07, 6.45) is 9.07. The number of hydrogen-bond donors (Lipinski definition) is 2. The van der Waals surface area contributed by atoms with Crippen LogP contribution in [0.1, 0.15) is 58.8 Å². The van der Waals surface area contributed by atoms with Crippen molar-refractivity contribution in [1.29, 1.82) is 0 Å². The van der Waals surface area contributed by atoms with Crippen molar-refractivity contribution in [3.05, 3.63) is 0 Å². The van der Waals surface area contributed by atoms with E-state index in [1.54, 1.807) is 0 Å². The number of hydrogen-bond acceptors (Lipinski definition) is 3. The van der Waals surface area contributed by atoms with Crippen LogP contribution in [0.5, 0.6) is 0 Å². The van der Waals surface area contributed by atoms with Gasteiger partial charge in [0.25, 0.3) is 0 Å². The molecule has 2 fully saturated rings. The van der Waals surface area contributed by atoms with Gasteiger partial charge in [-0.05, 0) is 44.1 Å². The lowest BCUT2D eigenvalue weighted by Gasteiger charge is -2.38. The summed E-state index contributed by atoms with van der Waals surface area (Å²) in [5, 5.41) is 13.7. The van der Waals surface area contributed by atoms with E-state index in [-0.39, 0.29) is 6.10 Å². The minimum Gasteiger partial charge on any atom is -0.393 e. The van der Waals surface area contributed by atoms with Crippen LogP contribution >= 0.6 is 0 Å². The summed E-state index contributed by atoms with van der Waals surface area (Å²) in [6.45, 7) is 9.01. The second kappa shape index (κ2) is 8.35. The second-order valence-corrected chi connectivity index (χ2v) is 7.05. The van der Waals surface area contributed by atoms with Gasteiger partial charge >= 0.3 is 0 Å². The summed E-state index contributed by atoms with van der Waals surface area (Å²) in [7, 11) is 0. The highest BCUT2D eigenvalue weighted by Crippen LogP contribution is 2.26. The fourth-order valence-corrected chi connectivity index (χ4v) is 3.92. The Morgan fingerprint density at radius 1 is 1.15 bits per heavy atom. The predicted molar refractivity (Wildman–Crippen MR) is 84.9 cm³/mol. The summed E-state index contributed by atoms with van der Waals surface area (Å²) < 4.78 is 0. The maximum absolute atomic E-state index is 9.88. The Hall–Kier alpha value is -0.120. The predicted octanol–water partition coefficient (Wildman–Crippen LogP) is 2.64. The van der Waals surface area contributed by atoms with Crippen LogP contribution in [-0.2, 0) is 0 Å². The lowest BCUT2D eigenvalue weighted by atomic mass is 9.91. The topological polar surface area (TPSA) is 35.5 Å². The molecule has 0 aromatic rings. The molecule has 1 aliphatic heterocycles. The van der Waals surface area contributed by atoms with Crippen molar-refractivity contribution in [2.24, 2.45) is 11.8 Å². The number of aliphatic hydroxyl groups is 1. The molecule has 1 aliphatic carbocycles. The molecule has 3 heteroatoms. The lowest BCUT2D eigenvalue weighted by molar-refractivity contribution is 0.0260. The van der Waals surface area contributed by atoms with E-state index in [1.807, 2.05) is 0 Å². The molecule has 4 unspecified atom stereocenters. The largest absolute Gasteiger partial charge is 0.393 e. The first kappa shape index (κ1) is 16.3. The van der Waals surface area contributed by atoms with Crippen LogP contribution in [0.2, 0.25) is 0 Å². The van der Waals surface area contributed by atoms with Crippen LogP contribution in [0, 0.1) is 11.8 Å². The third kappa shape index (κ3) is 4.71. The molecule has 0 spiro atoms. The zero-order valence-electron chi connectivity index (χ0n) is 13.5. The highest BCUT2D eigenvalue weighted by atomic mass is 16.3. The second-order valence-electron chi connectivity index (χ2n) is 7.05. The number of piperidine rings is 1. The molecule has 2 aliphatic rings. The van der Waals surface area contributed by atoms with Crippen molar-refractivity contribution in [3.63, 3.8) is 0 Å². The summed E-state index contributed by atoms with van der Waals surface area (Å²) in [5.41, 5.74) is 0. The summed E-state index contributed by atoms with van der Waals surface area (Å²) in [6, 6.07) is 0.722. The molecule has 0 radical (unpaired) electrons. The molecule has 1 saturated heterocycles. The van der Waals surface area contributed by atoms with E-state index >= 15 is 0 Å². The third-order valence-electron chi connectivity index (χ3n) is 5.25. The van der Waals surface area contributed by atoms with Crippen molar-refractivity contribution < 1.29 is 5.11 Å². The molecule has 0 aromatic heterocycles. The first-order valence-electron chi connectivity index (χ1n) is 8.84. The average Bonchev–Trinajstić information content (AvgIpc) is 2.66. The SMILES string of the molecule is CCCNC1CCCCCC1CN1CCC(O)C(C)C1. The standard InChI is InChI=1S/C17H34N2O/c1-3-10-18-16-8-6-4-5-7-15(16)13-19-11-9-17(20)14(2)12-19/h14-18,20H,3-13H2,1-2H3. The van der Waals surface area contributed by atoms with Gasteiger partial charge in [-0.25, -0.2) is 0 Å². The zero-order chi connectivity index (χ0) is 14.4. The molecular formula is C17H34N2O. The fraction of sp³-hybridized carbons (Fsp3) is 1.00. The summed E-state index contributed by atoms with van der Waals surface area (Å²) in [4.78, 5) is 2.61. The van der Waals surface area contributed by atoms with E-state index in [9.17, 15) is 5.11 Å². The molecule has 118 valence electrons. The molecule has 3 nitrogen and oxygen atoms in total. The van der Waals surface area contributed by atoms with Gasteiger partial charge in [-0.1, -0.05) is 33.1 Å². The van der Waals surface area contributed by atoms with Crippen molar-refractivity contribution >= 4 is 0 Å². The zero-order valence-corrected chi connectivity index (χ0v) is 13.5. The van der Waals surface area contributed by atoms with Crippen LogP contribution in [0.15, 0.2) is 0 Å². The number of rotatable bonds is 5. The monoisotopic (exact) mass is 282 g/mol. The highest BCUT2D eigenvalue weighted by molar-refractivity contribution is 4.85. The maximum atomic E-state index is 9.88. The van der Waals surface area contributed by atoms with Gasteiger partial charge in [0.1, 0.15) is 0 Å². The molecular weight excluding hydrogens is 248 g/mol. The maximum Gasteiger partial charge on any atom is 0.0590 e. The first-order chi connectivity index (χ1) is 9.70. The molecule has 2 rings (SSSR count). The molecule has 1 saturated carbocycles. The minimum atomic E-state index is -0.0746. The van der Waals surface area contributed by atoms with Gasteiger partial charge in [0.15, 0.2) is 0 Å². The van der Waals surface area contributed by atoms with Crippen LogP contribution in [0.4, 0.5) is 0 Å². The van der Waals surface area contributed by atoms with Gasteiger partial charge in [-0.3, -0.25) is 0 Å². The molecule has 0 amide bonds. The van der Waals surface area contributed by atoms with Crippen molar-refractivity contribution in [2.75, 3.05) is 26.2 Å².